The first-order chi connectivity index (χ1) is 12.5. The number of aromatic nitrogens is 1. The molecule has 0 aliphatic heterocycles. The molecule has 0 amide bonds. The lowest BCUT2D eigenvalue weighted by atomic mass is 10.2. The molecule has 2 N–H and O–H groups in total. The number of nitrogens with one attached hydrogen (secondary N) is 1. The summed E-state index contributed by atoms with van der Waals surface area (Å²) in [5, 5.41) is 12.2. The highest BCUT2D eigenvalue weighted by Crippen LogP contribution is 2.29. The van der Waals surface area contributed by atoms with Gasteiger partial charge < -0.3 is 15.2 Å². The Labute approximate surface area is 154 Å². The Morgan fingerprint density at radius 2 is 1.92 bits per heavy atom. The zero-order chi connectivity index (χ0) is 18.5. The van der Waals surface area contributed by atoms with Crippen molar-refractivity contribution in [3.63, 3.8) is 0 Å². The number of aliphatic hydroxyl groups is 1. The second kappa shape index (κ2) is 8.12. The highest BCUT2D eigenvalue weighted by Gasteiger charge is 2.09. The maximum atomic E-state index is 13.7. The average Bonchev–Trinajstić information content (AvgIpc) is 2.65. The van der Waals surface area contributed by atoms with E-state index in [1.165, 1.54) is 36.4 Å². The van der Waals surface area contributed by atoms with Crippen LogP contribution in [-0.4, -0.2) is 10.1 Å². The fourth-order valence-electron chi connectivity index (χ4n) is 2.32. The molecule has 1 aromatic heterocycles. The highest BCUT2D eigenvalue weighted by atomic mass is 35.5. The standard InChI is InChI=1S/C19H15ClF2N2O2/c20-17-9-16(2-3-18(17)22)26-19-4-1-13(21)7-12(19)10-24-14-5-6-23-15(8-14)11-25/h1-9,25H,10-11H2,(H,23,24). The van der Waals surface area contributed by atoms with E-state index in [0.29, 0.717) is 22.8 Å². The molecule has 0 radical (unpaired) electrons. The molecular formula is C19H15ClF2N2O2. The van der Waals surface area contributed by atoms with E-state index < -0.39 is 11.6 Å². The zero-order valence-corrected chi connectivity index (χ0v) is 14.3. The van der Waals surface area contributed by atoms with Crippen LogP contribution in [0.3, 0.4) is 0 Å². The normalized spacial score (nSPS) is 10.6. The highest BCUT2D eigenvalue weighted by molar-refractivity contribution is 6.30. The van der Waals surface area contributed by atoms with Gasteiger partial charge in [-0.2, -0.15) is 0 Å². The van der Waals surface area contributed by atoms with Crippen molar-refractivity contribution in [3.05, 3.63) is 82.6 Å². The van der Waals surface area contributed by atoms with E-state index >= 15 is 0 Å². The van der Waals surface area contributed by atoms with Crippen LogP contribution in [0.4, 0.5) is 14.5 Å². The Kier molecular flexibility index (Phi) is 5.65. The van der Waals surface area contributed by atoms with E-state index in [-0.39, 0.29) is 18.2 Å². The Morgan fingerprint density at radius 1 is 1.08 bits per heavy atom. The molecule has 0 saturated carbocycles. The summed E-state index contributed by atoms with van der Waals surface area (Å²) in [6.07, 6.45) is 1.57. The van der Waals surface area contributed by atoms with Gasteiger partial charge >= 0.3 is 0 Å². The van der Waals surface area contributed by atoms with Crippen LogP contribution in [0.25, 0.3) is 0 Å². The quantitative estimate of drug-likeness (QED) is 0.641. The number of hydrogen-bond acceptors (Lipinski definition) is 4. The molecule has 1 heterocycles. The third-order valence-corrected chi connectivity index (χ3v) is 3.89. The van der Waals surface area contributed by atoms with Crippen molar-refractivity contribution in [2.45, 2.75) is 13.2 Å². The van der Waals surface area contributed by atoms with E-state index in [4.69, 9.17) is 21.4 Å². The smallest absolute Gasteiger partial charge is 0.142 e. The molecule has 2 aromatic carbocycles. The first kappa shape index (κ1) is 18.1. The molecule has 0 fully saturated rings. The molecule has 3 rings (SSSR count). The first-order valence-corrected chi connectivity index (χ1v) is 8.14. The minimum Gasteiger partial charge on any atom is -0.457 e. The van der Waals surface area contributed by atoms with Crippen LogP contribution in [0.1, 0.15) is 11.3 Å². The number of ether oxygens (including phenoxy) is 1. The summed E-state index contributed by atoms with van der Waals surface area (Å²) in [6, 6.07) is 11.5. The largest absolute Gasteiger partial charge is 0.457 e. The summed E-state index contributed by atoms with van der Waals surface area (Å²) >= 11 is 5.76. The summed E-state index contributed by atoms with van der Waals surface area (Å²) in [5.74, 6) is -0.191. The van der Waals surface area contributed by atoms with Gasteiger partial charge in [0.15, 0.2) is 0 Å². The molecule has 134 valence electrons. The van der Waals surface area contributed by atoms with Gasteiger partial charge in [0.25, 0.3) is 0 Å². The van der Waals surface area contributed by atoms with Crippen LogP contribution in [0.2, 0.25) is 5.02 Å². The lowest BCUT2D eigenvalue weighted by Gasteiger charge is -2.13. The molecule has 0 atom stereocenters. The minimum atomic E-state index is -0.544. The first-order valence-electron chi connectivity index (χ1n) is 7.76. The summed E-state index contributed by atoms with van der Waals surface area (Å²) in [6.45, 7) is 0.103. The van der Waals surface area contributed by atoms with Gasteiger partial charge in [0.1, 0.15) is 23.1 Å². The molecule has 0 bridgehead atoms. The average molecular weight is 377 g/mol. The molecular weight excluding hydrogens is 362 g/mol. The van der Waals surface area contributed by atoms with Crippen molar-refractivity contribution in [2.24, 2.45) is 0 Å². The third kappa shape index (κ3) is 4.47. The van der Waals surface area contributed by atoms with Crippen LogP contribution in [0.15, 0.2) is 54.7 Å². The Bertz CT molecular complexity index is 922. The van der Waals surface area contributed by atoms with Gasteiger partial charge in [-0.05, 0) is 42.5 Å². The molecule has 4 nitrogen and oxygen atoms in total. The molecule has 0 aliphatic rings. The monoisotopic (exact) mass is 376 g/mol. The van der Waals surface area contributed by atoms with Crippen LogP contribution in [-0.2, 0) is 13.2 Å². The van der Waals surface area contributed by atoms with Crippen molar-refractivity contribution in [1.29, 1.82) is 0 Å². The van der Waals surface area contributed by atoms with Crippen molar-refractivity contribution < 1.29 is 18.6 Å². The van der Waals surface area contributed by atoms with Crippen LogP contribution in [0.5, 0.6) is 11.5 Å². The number of nitrogens with zero attached hydrogens (tertiary/aromatic N) is 1. The van der Waals surface area contributed by atoms with E-state index in [1.807, 2.05) is 0 Å². The van der Waals surface area contributed by atoms with E-state index in [2.05, 4.69) is 10.3 Å². The summed E-state index contributed by atoms with van der Waals surface area (Å²) in [7, 11) is 0. The molecule has 7 heteroatoms. The molecule has 0 aliphatic carbocycles. The fraction of sp³-hybridized carbons (Fsp3) is 0.105. The molecule has 26 heavy (non-hydrogen) atoms. The minimum absolute atomic E-state index is 0.0578. The number of rotatable bonds is 6. The Morgan fingerprint density at radius 3 is 2.69 bits per heavy atom. The lowest BCUT2D eigenvalue weighted by Crippen LogP contribution is -2.03. The number of anilines is 1. The Balaban J connectivity index is 1.80. The van der Waals surface area contributed by atoms with Gasteiger partial charge in [-0.1, -0.05) is 11.6 Å². The van der Waals surface area contributed by atoms with Gasteiger partial charge in [-0.15, -0.1) is 0 Å². The van der Waals surface area contributed by atoms with Gasteiger partial charge in [-0.3, -0.25) is 4.98 Å². The zero-order valence-electron chi connectivity index (χ0n) is 13.5. The lowest BCUT2D eigenvalue weighted by molar-refractivity contribution is 0.277. The summed E-state index contributed by atoms with van der Waals surface area (Å²) in [4.78, 5) is 4.00. The second-order valence-electron chi connectivity index (χ2n) is 5.48. The SMILES string of the molecule is OCc1cc(NCc2cc(F)ccc2Oc2ccc(F)c(Cl)c2)ccn1. The second-order valence-corrected chi connectivity index (χ2v) is 5.88. The van der Waals surface area contributed by atoms with Gasteiger partial charge in [-0.25, -0.2) is 8.78 Å². The summed E-state index contributed by atoms with van der Waals surface area (Å²) < 4.78 is 32.6. The van der Waals surface area contributed by atoms with Crippen molar-refractivity contribution in [2.75, 3.05) is 5.32 Å². The number of benzene rings is 2. The maximum absolute atomic E-state index is 13.7. The number of pyridine rings is 1. The predicted octanol–water partition coefficient (Wildman–Crippen LogP) is 4.91. The van der Waals surface area contributed by atoms with Crippen molar-refractivity contribution in [1.82, 2.24) is 4.98 Å². The predicted molar refractivity (Wildman–Crippen MR) is 95.4 cm³/mol. The fourth-order valence-corrected chi connectivity index (χ4v) is 2.50. The molecule has 3 aromatic rings. The van der Waals surface area contributed by atoms with Crippen LogP contribution < -0.4 is 10.1 Å². The van der Waals surface area contributed by atoms with E-state index in [1.54, 1.807) is 18.3 Å². The topological polar surface area (TPSA) is 54.4 Å². The summed E-state index contributed by atoms with van der Waals surface area (Å²) in [5.41, 5.74) is 1.81. The van der Waals surface area contributed by atoms with Crippen LogP contribution in [0, 0.1) is 11.6 Å². The van der Waals surface area contributed by atoms with Gasteiger partial charge in [0.05, 0.1) is 17.3 Å². The molecule has 0 unspecified atom stereocenters. The van der Waals surface area contributed by atoms with Gasteiger partial charge in [0, 0.05) is 30.1 Å². The van der Waals surface area contributed by atoms with Crippen molar-refractivity contribution in [3.8, 4) is 11.5 Å². The maximum Gasteiger partial charge on any atom is 0.142 e. The number of aliphatic hydroxyl groups excluding tert-OH is 1. The van der Waals surface area contributed by atoms with Crippen LogP contribution >= 0.6 is 11.6 Å². The number of hydrogen-bond donors (Lipinski definition) is 2. The molecule has 0 spiro atoms. The van der Waals surface area contributed by atoms with Gasteiger partial charge in [0.2, 0.25) is 0 Å². The number of halogens is 3. The van der Waals surface area contributed by atoms with E-state index in [0.717, 1.165) is 5.69 Å². The van der Waals surface area contributed by atoms with Crippen molar-refractivity contribution >= 4 is 17.3 Å². The third-order valence-electron chi connectivity index (χ3n) is 3.60. The Hall–Kier alpha value is -2.70. The molecule has 0 saturated heterocycles. The van der Waals surface area contributed by atoms with E-state index in [9.17, 15) is 8.78 Å².